The van der Waals surface area contributed by atoms with Gasteiger partial charge in [0.1, 0.15) is 5.75 Å². The van der Waals surface area contributed by atoms with E-state index in [-0.39, 0.29) is 5.91 Å². The molecule has 2 aromatic carbocycles. The molecular formula is C19H18N2O2S. The molecule has 0 aliphatic carbocycles. The predicted octanol–water partition coefficient (Wildman–Crippen LogP) is 3.17. The summed E-state index contributed by atoms with van der Waals surface area (Å²) in [5.41, 5.74) is 3.24. The van der Waals surface area contributed by atoms with Crippen LogP contribution >= 0.6 is 12.2 Å². The molecule has 0 radical (unpaired) electrons. The fourth-order valence-electron chi connectivity index (χ4n) is 2.65. The predicted molar refractivity (Wildman–Crippen MR) is 100 cm³/mol. The van der Waals surface area contributed by atoms with Crippen molar-refractivity contribution in [2.75, 3.05) is 18.6 Å². The van der Waals surface area contributed by atoms with Crippen molar-refractivity contribution in [3.63, 3.8) is 0 Å². The molecule has 0 saturated heterocycles. The maximum atomic E-state index is 12.1. The van der Waals surface area contributed by atoms with Gasteiger partial charge in [0.15, 0.2) is 5.11 Å². The van der Waals surface area contributed by atoms with E-state index in [0.29, 0.717) is 5.11 Å². The van der Waals surface area contributed by atoms with Gasteiger partial charge in [0.05, 0.1) is 7.11 Å². The van der Waals surface area contributed by atoms with Gasteiger partial charge in [-0.1, -0.05) is 30.3 Å². The van der Waals surface area contributed by atoms with Gasteiger partial charge in [-0.05, 0) is 54.0 Å². The van der Waals surface area contributed by atoms with Gasteiger partial charge in [0.2, 0.25) is 5.91 Å². The minimum Gasteiger partial charge on any atom is -0.497 e. The van der Waals surface area contributed by atoms with Crippen molar-refractivity contribution < 1.29 is 9.53 Å². The monoisotopic (exact) mass is 338 g/mol. The quantitative estimate of drug-likeness (QED) is 0.689. The van der Waals surface area contributed by atoms with Crippen LogP contribution in [0.4, 0.5) is 5.69 Å². The van der Waals surface area contributed by atoms with Crippen LogP contribution in [0.25, 0.3) is 6.08 Å². The van der Waals surface area contributed by atoms with E-state index in [1.165, 1.54) is 11.6 Å². The van der Waals surface area contributed by atoms with Crippen molar-refractivity contribution in [1.82, 2.24) is 5.32 Å². The molecule has 1 aliphatic rings. The fraction of sp³-hybridized carbons (Fsp3) is 0.158. The molecule has 1 N–H and O–H groups in total. The maximum Gasteiger partial charge on any atom is 0.250 e. The second kappa shape index (κ2) is 7.27. The lowest BCUT2D eigenvalue weighted by Crippen LogP contribution is -2.41. The van der Waals surface area contributed by atoms with E-state index in [9.17, 15) is 4.79 Å². The summed E-state index contributed by atoms with van der Waals surface area (Å²) in [6.07, 6.45) is 4.17. The molecule has 0 saturated carbocycles. The first-order valence-electron chi connectivity index (χ1n) is 7.70. The Bertz CT molecular complexity index is 784. The van der Waals surface area contributed by atoms with E-state index < -0.39 is 0 Å². The lowest BCUT2D eigenvalue weighted by molar-refractivity contribution is -0.115. The summed E-state index contributed by atoms with van der Waals surface area (Å²) in [5.74, 6) is 0.547. The highest BCUT2D eigenvalue weighted by atomic mass is 32.1. The number of carbonyl (C=O) groups is 1. The number of methoxy groups -OCH3 is 1. The molecule has 24 heavy (non-hydrogen) atoms. The van der Waals surface area contributed by atoms with E-state index in [4.69, 9.17) is 17.0 Å². The maximum absolute atomic E-state index is 12.1. The van der Waals surface area contributed by atoms with Crippen LogP contribution in [0.3, 0.4) is 0 Å². The third-order valence-corrected chi connectivity index (χ3v) is 4.23. The van der Waals surface area contributed by atoms with Gasteiger partial charge < -0.3 is 9.64 Å². The number of ether oxygens (including phenoxy) is 1. The number of rotatable bonds is 3. The van der Waals surface area contributed by atoms with Crippen LogP contribution in [-0.2, 0) is 11.2 Å². The molecule has 2 aromatic rings. The molecular weight excluding hydrogens is 320 g/mol. The molecule has 1 heterocycles. The highest BCUT2D eigenvalue weighted by Gasteiger charge is 2.22. The smallest absolute Gasteiger partial charge is 0.250 e. The van der Waals surface area contributed by atoms with Gasteiger partial charge in [-0.3, -0.25) is 10.1 Å². The number of fused-ring (bicyclic) bond motifs is 1. The number of carbonyl (C=O) groups excluding carboxylic acids is 1. The summed E-state index contributed by atoms with van der Waals surface area (Å²) in [6, 6.07) is 15.6. The Kier molecular flexibility index (Phi) is 4.91. The molecule has 4 nitrogen and oxygen atoms in total. The summed E-state index contributed by atoms with van der Waals surface area (Å²) in [4.78, 5) is 14.0. The van der Waals surface area contributed by atoms with Crippen molar-refractivity contribution in [1.29, 1.82) is 0 Å². The molecule has 0 bridgehead atoms. The first kappa shape index (κ1) is 16.2. The van der Waals surface area contributed by atoms with Gasteiger partial charge >= 0.3 is 0 Å². The average Bonchev–Trinajstić information content (AvgIpc) is 3.04. The second-order valence-electron chi connectivity index (χ2n) is 5.43. The normalized spacial score (nSPS) is 13.0. The van der Waals surface area contributed by atoms with Crippen molar-refractivity contribution in [2.45, 2.75) is 6.42 Å². The zero-order valence-electron chi connectivity index (χ0n) is 13.4. The number of thiocarbonyl (C=S) groups is 1. The van der Waals surface area contributed by atoms with Crippen LogP contribution in [0.1, 0.15) is 11.1 Å². The fourth-order valence-corrected chi connectivity index (χ4v) is 2.94. The van der Waals surface area contributed by atoms with E-state index >= 15 is 0 Å². The SMILES string of the molecule is COc1ccc(C=CC(=O)NC(=S)N2CCc3ccccc32)cc1. The summed E-state index contributed by atoms with van der Waals surface area (Å²) >= 11 is 5.37. The van der Waals surface area contributed by atoms with E-state index in [0.717, 1.165) is 30.0 Å². The Morgan fingerprint density at radius 3 is 2.71 bits per heavy atom. The Balaban J connectivity index is 1.60. The molecule has 0 aromatic heterocycles. The van der Waals surface area contributed by atoms with Gasteiger partial charge in [-0.25, -0.2) is 0 Å². The molecule has 0 spiro atoms. The van der Waals surface area contributed by atoms with E-state index in [2.05, 4.69) is 11.4 Å². The van der Waals surface area contributed by atoms with Gasteiger partial charge in [0.25, 0.3) is 0 Å². The van der Waals surface area contributed by atoms with Crippen molar-refractivity contribution in [2.24, 2.45) is 0 Å². The molecule has 5 heteroatoms. The summed E-state index contributed by atoms with van der Waals surface area (Å²) < 4.78 is 5.11. The van der Waals surface area contributed by atoms with E-state index in [1.54, 1.807) is 13.2 Å². The number of para-hydroxylation sites is 1. The number of amides is 1. The summed E-state index contributed by atoms with van der Waals surface area (Å²) in [6.45, 7) is 0.792. The number of hydrogen-bond acceptors (Lipinski definition) is 3. The molecule has 1 amide bonds. The number of hydrogen-bond donors (Lipinski definition) is 1. The summed E-state index contributed by atoms with van der Waals surface area (Å²) in [5, 5.41) is 3.20. The van der Waals surface area contributed by atoms with Crippen LogP contribution < -0.4 is 15.0 Å². The average molecular weight is 338 g/mol. The number of nitrogens with one attached hydrogen (secondary N) is 1. The zero-order valence-corrected chi connectivity index (χ0v) is 14.2. The third-order valence-electron chi connectivity index (χ3n) is 3.91. The van der Waals surface area contributed by atoms with Crippen LogP contribution in [-0.4, -0.2) is 24.7 Å². The van der Waals surface area contributed by atoms with Crippen molar-refractivity contribution in [3.8, 4) is 5.75 Å². The number of anilines is 1. The molecule has 0 fully saturated rings. The molecule has 1 aliphatic heterocycles. The largest absolute Gasteiger partial charge is 0.497 e. The molecule has 122 valence electrons. The Labute approximate surface area is 146 Å². The van der Waals surface area contributed by atoms with Gasteiger partial charge in [0, 0.05) is 18.3 Å². The van der Waals surface area contributed by atoms with Crippen LogP contribution in [0.2, 0.25) is 0 Å². The first-order chi connectivity index (χ1) is 11.7. The molecule has 0 unspecified atom stereocenters. The topological polar surface area (TPSA) is 41.6 Å². The minimum atomic E-state index is -0.236. The van der Waals surface area contributed by atoms with Crippen molar-refractivity contribution >= 4 is 35.0 Å². The second-order valence-corrected chi connectivity index (χ2v) is 5.82. The first-order valence-corrected chi connectivity index (χ1v) is 8.11. The lowest BCUT2D eigenvalue weighted by Gasteiger charge is -2.19. The Morgan fingerprint density at radius 1 is 1.21 bits per heavy atom. The number of benzene rings is 2. The molecule has 3 rings (SSSR count). The number of nitrogens with zero attached hydrogens (tertiary/aromatic N) is 1. The van der Waals surface area contributed by atoms with Crippen LogP contribution in [0.15, 0.2) is 54.6 Å². The Hall–Kier alpha value is -2.66. The van der Waals surface area contributed by atoms with Crippen LogP contribution in [0, 0.1) is 0 Å². The highest BCUT2D eigenvalue weighted by molar-refractivity contribution is 7.80. The van der Waals surface area contributed by atoms with E-state index in [1.807, 2.05) is 47.4 Å². The zero-order chi connectivity index (χ0) is 16.9. The lowest BCUT2D eigenvalue weighted by atomic mass is 10.2. The standard InChI is InChI=1S/C19H18N2O2S/c1-23-16-9-6-14(7-10-16)8-11-18(22)20-19(24)21-13-12-15-4-2-3-5-17(15)21/h2-11H,12-13H2,1H3,(H,20,22,24). The highest BCUT2D eigenvalue weighted by Crippen LogP contribution is 2.27. The van der Waals surface area contributed by atoms with Crippen molar-refractivity contribution in [3.05, 3.63) is 65.7 Å². The van der Waals surface area contributed by atoms with Crippen LogP contribution in [0.5, 0.6) is 5.75 Å². The minimum absolute atomic E-state index is 0.236. The van der Waals surface area contributed by atoms with Gasteiger partial charge in [-0.15, -0.1) is 0 Å². The summed E-state index contributed by atoms with van der Waals surface area (Å²) in [7, 11) is 1.62. The molecule has 0 atom stereocenters. The van der Waals surface area contributed by atoms with Gasteiger partial charge in [-0.2, -0.15) is 0 Å². The Morgan fingerprint density at radius 2 is 1.96 bits per heavy atom. The third kappa shape index (κ3) is 3.63.